The maximum atomic E-state index is 5.67. The Morgan fingerprint density at radius 2 is 2.43 bits per heavy atom. The molecule has 1 saturated heterocycles. The van der Waals surface area contributed by atoms with Gasteiger partial charge in [0, 0.05) is 20.1 Å². The van der Waals surface area contributed by atoms with Crippen LogP contribution in [0.2, 0.25) is 0 Å². The summed E-state index contributed by atoms with van der Waals surface area (Å²) in [4.78, 5) is 6.67. The van der Waals surface area contributed by atoms with E-state index in [-0.39, 0.29) is 0 Å². The Morgan fingerprint density at radius 3 is 2.93 bits per heavy atom. The monoisotopic (exact) mass is 194 g/mol. The summed E-state index contributed by atoms with van der Waals surface area (Å²) < 4.78 is 2.14. The predicted molar refractivity (Wildman–Crippen MR) is 57.3 cm³/mol. The summed E-state index contributed by atoms with van der Waals surface area (Å²) in [5.41, 5.74) is 5.67. The molecule has 14 heavy (non-hydrogen) atoms. The number of anilines is 1. The molecule has 0 aliphatic carbocycles. The van der Waals surface area contributed by atoms with Crippen molar-refractivity contribution in [1.82, 2.24) is 9.55 Å². The van der Waals surface area contributed by atoms with Crippen LogP contribution in [0, 0.1) is 12.8 Å². The van der Waals surface area contributed by atoms with Crippen molar-refractivity contribution in [3.8, 4) is 0 Å². The smallest absolute Gasteiger partial charge is 0.128 e. The number of hydrogen-bond acceptors (Lipinski definition) is 3. The first-order valence-electron chi connectivity index (χ1n) is 5.15. The van der Waals surface area contributed by atoms with Crippen molar-refractivity contribution >= 4 is 5.82 Å². The van der Waals surface area contributed by atoms with E-state index >= 15 is 0 Å². The molecular formula is C10H18N4. The van der Waals surface area contributed by atoms with E-state index in [4.69, 9.17) is 5.73 Å². The Labute approximate surface area is 84.7 Å². The fraction of sp³-hybridized carbons (Fsp3) is 0.700. The quantitative estimate of drug-likeness (QED) is 0.746. The van der Waals surface area contributed by atoms with Gasteiger partial charge in [-0.15, -0.1) is 0 Å². The summed E-state index contributed by atoms with van der Waals surface area (Å²) in [6, 6.07) is 0. The minimum atomic E-state index is 0.658. The minimum absolute atomic E-state index is 0.658. The molecule has 1 aromatic rings. The molecule has 78 valence electrons. The molecule has 4 nitrogen and oxygen atoms in total. The number of nitrogens with zero attached hydrogens (tertiary/aromatic N) is 3. The Bertz CT molecular complexity index is 318. The van der Waals surface area contributed by atoms with Crippen LogP contribution in [-0.2, 0) is 7.05 Å². The fourth-order valence-corrected chi connectivity index (χ4v) is 2.02. The van der Waals surface area contributed by atoms with E-state index in [1.54, 1.807) is 0 Å². The van der Waals surface area contributed by atoms with Crippen LogP contribution in [-0.4, -0.2) is 29.2 Å². The van der Waals surface area contributed by atoms with Gasteiger partial charge in [-0.3, -0.25) is 0 Å². The molecule has 2 N–H and O–H groups in total. The van der Waals surface area contributed by atoms with Crippen LogP contribution in [0.3, 0.4) is 0 Å². The number of rotatable bonds is 2. The second kappa shape index (κ2) is 3.61. The lowest BCUT2D eigenvalue weighted by atomic mass is 10.1. The van der Waals surface area contributed by atoms with Gasteiger partial charge in [0.05, 0.1) is 6.20 Å². The summed E-state index contributed by atoms with van der Waals surface area (Å²) >= 11 is 0. The van der Waals surface area contributed by atoms with Gasteiger partial charge in [-0.05, 0) is 25.8 Å². The molecule has 2 rings (SSSR count). The van der Waals surface area contributed by atoms with E-state index in [2.05, 4.69) is 21.5 Å². The number of nitrogens with two attached hydrogens (primary N) is 1. The van der Waals surface area contributed by atoms with E-state index < -0.39 is 0 Å². The largest absolute Gasteiger partial charge is 0.356 e. The Balaban J connectivity index is 2.13. The predicted octanol–water partition coefficient (Wildman–Crippen LogP) is 0.514. The van der Waals surface area contributed by atoms with E-state index in [1.807, 2.05) is 13.1 Å². The van der Waals surface area contributed by atoms with Crippen molar-refractivity contribution in [3.63, 3.8) is 0 Å². The van der Waals surface area contributed by atoms with E-state index in [1.165, 1.54) is 12.2 Å². The van der Waals surface area contributed by atoms with Crippen LogP contribution >= 0.6 is 0 Å². The average molecular weight is 194 g/mol. The van der Waals surface area contributed by atoms with Crippen LogP contribution < -0.4 is 10.6 Å². The second-order valence-electron chi connectivity index (χ2n) is 4.06. The fourth-order valence-electron chi connectivity index (χ4n) is 2.02. The number of imidazole rings is 1. The zero-order chi connectivity index (χ0) is 10.1. The third-order valence-corrected chi connectivity index (χ3v) is 3.14. The number of aromatic nitrogens is 2. The molecule has 0 bridgehead atoms. The highest BCUT2D eigenvalue weighted by Crippen LogP contribution is 2.23. The van der Waals surface area contributed by atoms with Crippen molar-refractivity contribution < 1.29 is 0 Å². The summed E-state index contributed by atoms with van der Waals surface area (Å²) in [7, 11) is 2.06. The summed E-state index contributed by atoms with van der Waals surface area (Å²) in [6.07, 6.45) is 3.16. The standard InChI is InChI=1S/C10H18N4/c1-8-12-6-10(13(8)2)14-4-3-9(5-11)7-14/h6,9H,3-5,7,11H2,1-2H3. The van der Waals surface area contributed by atoms with E-state index in [0.29, 0.717) is 5.92 Å². The molecule has 1 aliphatic rings. The molecule has 1 atom stereocenters. The average Bonchev–Trinajstić information content (AvgIpc) is 2.75. The summed E-state index contributed by atoms with van der Waals surface area (Å²) in [5.74, 6) is 2.94. The van der Waals surface area contributed by atoms with Gasteiger partial charge in [-0.1, -0.05) is 0 Å². The van der Waals surface area contributed by atoms with Crippen molar-refractivity contribution in [3.05, 3.63) is 12.0 Å². The first-order valence-corrected chi connectivity index (χ1v) is 5.15. The molecule has 1 unspecified atom stereocenters. The van der Waals surface area contributed by atoms with Gasteiger partial charge in [-0.2, -0.15) is 0 Å². The topological polar surface area (TPSA) is 47.1 Å². The first kappa shape index (κ1) is 9.52. The molecule has 0 aromatic carbocycles. The molecule has 0 saturated carbocycles. The molecule has 1 aromatic heterocycles. The van der Waals surface area contributed by atoms with Gasteiger partial charge in [0.2, 0.25) is 0 Å². The van der Waals surface area contributed by atoms with Crippen molar-refractivity contribution in [2.24, 2.45) is 18.7 Å². The van der Waals surface area contributed by atoms with Crippen LogP contribution in [0.4, 0.5) is 5.82 Å². The Morgan fingerprint density at radius 1 is 1.64 bits per heavy atom. The zero-order valence-corrected chi connectivity index (χ0v) is 8.90. The molecule has 0 spiro atoms. The molecule has 2 heterocycles. The highest BCUT2D eigenvalue weighted by Gasteiger charge is 2.23. The molecular weight excluding hydrogens is 176 g/mol. The van der Waals surface area contributed by atoms with Gasteiger partial charge in [0.25, 0.3) is 0 Å². The Kier molecular flexibility index (Phi) is 2.46. The lowest BCUT2D eigenvalue weighted by Crippen LogP contribution is -2.24. The maximum Gasteiger partial charge on any atom is 0.128 e. The molecule has 1 fully saturated rings. The van der Waals surface area contributed by atoms with Crippen LogP contribution in [0.1, 0.15) is 12.2 Å². The van der Waals surface area contributed by atoms with E-state index in [0.717, 1.165) is 25.5 Å². The second-order valence-corrected chi connectivity index (χ2v) is 4.06. The van der Waals surface area contributed by atoms with Gasteiger partial charge >= 0.3 is 0 Å². The molecule has 4 heteroatoms. The minimum Gasteiger partial charge on any atom is -0.356 e. The SMILES string of the molecule is Cc1ncc(N2CCC(CN)C2)n1C. The van der Waals surface area contributed by atoms with E-state index in [9.17, 15) is 0 Å². The molecule has 1 aliphatic heterocycles. The lowest BCUT2D eigenvalue weighted by Gasteiger charge is -2.18. The molecule has 0 radical (unpaired) electrons. The normalized spacial score (nSPS) is 21.9. The van der Waals surface area contributed by atoms with Gasteiger partial charge in [-0.25, -0.2) is 4.98 Å². The zero-order valence-electron chi connectivity index (χ0n) is 8.90. The highest BCUT2D eigenvalue weighted by molar-refractivity contribution is 5.40. The van der Waals surface area contributed by atoms with Gasteiger partial charge < -0.3 is 15.2 Å². The highest BCUT2D eigenvalue weighted by atomic mass is 15.3. The Hall–Kier alpha value is -1.03. The van der Waals surface area contributed by atoms with Crippen molar-refractivity contribution in [2.45, 2.75) is 13.3 Å². The summed E-state index contributed by atoms with van der Waals surface area (Å²) in [6.45, 7) is 5.02. The number of aryl methyl sites for hydroxylation is 1. The van der Waals surface area contributed by atoms with Crippen LogP contribution in [0.5, 0.6) is 0 Å². The lowest BCUT2D eigenvalue weighted by molar-refractivity contribution is 0.601. The molecule has 0 amide bonds. The van der Waals surface area contributed by atoms with Gasteiger partial charge in [0.15, 0.2) is 0 Å². The first-order chi connectivity index (χ1) is 6.72. The van der Waals surface area contributed by atoms with Crippen LogP contribution in [0.25, 0.3) is 0 Å². The third kappa shape index (κ3) is 1.50. The van der Waals surface area contributed by atoms with Crippen molar-refractivity contribution in [1.29, 1.82) is 0 Å². The van der Waals surface area contributed by atoms with Gasteiger partial charge in [0.1, 0.15) is 11.6 Å². The van der Waals surface area contributed by atoms with Crippen molar-refractivity contribution in [2.75, 3.05) is 24.5 Å². The number of hydrogen-bond donors (Lipinski definition) is 1. The summed E-state index contributed by atoms with van der Waals surface area (Å²) in [5, 5.41) is 0. The maximum absolute atomic E-state index is 5.67. The third-order valence-electron chi connectivity index (χ3n) is 3.14. The van der Waals surface area contributed by atoms with Crippen LogP contribution in [0.15, 0.2) is 6.20 Å².